The molecule has 0 aliphatic heterocycles. The maximum Gasteiger partial charge on any atom is 0.251 e. The van der Waals surface area contributed by atoms with E-state index in [-0.39, 0.29) is 5.91 Å². The quantitative estimate of drug-likeness (QED) is 0.175. The number of halogens is 1. The molecule has 0 atom stereocenters. The van der Waals surface area contributed by atoms with Gasteiger partial charge in [-0.25, -0.2) is 4.98 Å². The third kappa shape index (κ3) is 5.94. The van der Waals surface area contributed by atoms with Gasteiger partial charge < -0.3 is 19.4 Å². The molecule has 1 N–H and O–H groups in total. The number of ether oxygens (including phenoxy) is 2. The van der Waals surface area contributed by atoms with Crippen molar-refractivity contribution in [3.63, 3.8) is 0 Å². The number of aromatic nitrogens is 2. The highest BCUT2D eigenvalue weighted by Gasteiger charge is 2.20. The molecule has 0 spiro atoms. The SMILES string of the molecule is CCn1c(SCCNC(=O)c2cccc(Br)c2)nc(-c2ccc(OC)cc2)c1-c1ccc(OC)cc1. The number of benzene rings is 3. The number of rotatable bonds is 10. The van der Waals surface area contributed by atoms with Crippen molar-refractivity contribution < 1.29 is 14.3 Å². The molecule has 186 valence electrons. The summed E-state index contributed by atoms with van der Waals surface area (Å²) in [6.07, 6.45) is 0. The van der Waals surface area contributed by atoms with E-state index >= 15 is 0 Å². The van der Waals surface area contributed by atoms with Crippen LogP contribution in [0.1, 0.15) is 17.3 Å². The van der Waals surface area contributed by atoms with Crippen LogP contribution in [0.3, 0.4) is 0 Å². The molecule has 3 aromatic carbocycles. The molecule has 0 saturated heterocycles. The molecular formula is C28H28BrN3O3S. The number of imidazole rings is 1. The second kappa shape index (κ2) is 12.1. The first-order valence-electron chi connectivity index (χ1n) is 11.6. The van der Waals surface area contributed by atoms with E-state index in [9.17, 15) is 4.79 Å². The molecule has 0 bridgehead atoms. The number of amides is 1. The Hall–Kier alpha value is -3.23. The first kappa shape index (κ1) is 25.9. The summed E-state index contributed by atoms with van der Waals surface area (Å²) < 4.78 is 13.8. The molecule has 4 rings (SSSR count). The summed E-state index contributed by atoms with van der Waals surface area (Å²) in [5.41, 5.74) is 4.66. The fraction of sp³-hybridized carbons (Fsp3) is 0.214. The Morgan fingerprint density at radius 3 is 2.19 bits per heavy atom. The topological polar surface area (TPSA) is 65.4 Å². The largest absolute Gasteiger partial charge is 0.497 e. The van der Waals surface area contributed by atoms with Gasteiger partial charge >= 0.3 is 0 Å². The van der Waals surface area contributed by atoms with E-state index in [1.807, 2.05) is 54.6 Å². The van der Waals surface area contributed by atoms with E-state index in [4.69, 9.17) is 14.5 Å². The molecular weight excluding hydrogens is 538 g/mol. The lowest BCUT2D eigenvalue weighted by atomic mass is 10.0. The zero-order valence-corrected chi connectivity index (χ0v) is 22.9. The molecule has 0 unspecified atom stereocenters. The predicted octanol–water partition coefficient (Wildman–Crippen LogP) is 6.54. The standard InChI is InChI=1S/C28H28BrN3O3S/c1-4-32-26(20-10-14-24(35-3)15-11-20)25(19-8-12-23(34-2)13-9-19)31-28(32)36-17-16-30-27(33)21-6-5-7-22(29)18-21/h5-15,18H,4,16-17H2,1-3H3,(H,30,33). The molecule has 8 heteroatoms. The first-order valence-corrected chi connectivity index (χ1v) is 13.4. The summed E-state index contributed by atoms with van der Waals surface area (Å²) in [5, 5.41) is 3.91. The summed E-state index contributed by atoms with van der Waals surface area (Å²) >= 11 is 5.04. The summed E-state index contributed by atoms with van der Waals surface area (Å²) in [6.45, 7) is 3.41. The van der Waals surface area contributed by atoms with Crippen molar-refractivity contribution >= 4 is 33.6 Å². The van der Waals surface area contributed by atoms with Crippen LogP contribution < -0.4 is 14.8 Å². The lowest BCUT2D eigenvalue weighted by Gasteiger charge is -2.12. The lowest BCUT2D eigenvalue weighted by Crippen LogP contribution is -2.25. The van der Waals surface area contributed by atoms with Crippen LogP contribution in [0.15, 0.2) is 82.4 Å². The third-order valence-electron chi connectivity index (χ3n) is 5.68. The Balaban J connectivity index is 1.58. The molecule has 1 amide bonds. The molecule has 6 nitrogen and oxygen atoms in total. The van der Waals surface area contributed by atoms with Gasteiger partial charge in [-0.15, -0.1) is 0 Å². The smallest absolute Gasteiger partial charge is 0.251 e. The van der Waals surface area contributed by atoms with Crippen LogP contribution in [-0.4, -0.2) is 42.0 Å². The van der Waals surface area contributed by atoms with E-state index in [0.29, 0.717) is 17.9 Å². The fourth-order valence-electron chi connectivity index (χ4n) is 3.87. The average molecular weight is 567 g/mol. The van der Waals surface area contributed by atoms with Gasteiger partial charge in [-0.05, 0) is 73.7 Å². The molecule has 0 aliphatic carbocycles. The Morgan fingerprint density at radius 2 is 1.61 bits per heavy atom. The lowest BCUT2D eigenvalue weighted by molar-refractivity contribution is 0.0956. The van der Waals surface area contributed by atoms with Gasteiger partial charge in [0.25, 0.3) is 5.91 Å². The number of hydrogen-bond donors (Lipinski definition) is 1. The third-order valence-corrected chi connectivity index (χ3v) is 7.15. The summed E-state index contributed by atoms with van der Waals surface area (Å²) in [5.74, 6) is 2.22. The number of carbonyl (C=O) groups is 1. The second-order valence-corrected chi connectivity index (χ2v) is 9.89. The highest BCUT2D eigenvalue weighted by atomic mass is 79.9. The molecule has 0 saturated carbocycles. The van der Waals surface area contributed by atoms with Crippen molar-refractivity contribution in [2.24, 2.45) is 0 Å². The minimum Gasteiger partial charge on any atom is -0.497 e. The van der Waals surface area contributed by atoms with E-state index < -0.39 is 0 Å². The summed E-state index contributed by atoms with van der Waals surface area (Å²) in [6, 6.07) is 23.4. The van der Waals surface area contributed by atoms with Crippen LogP contribution >= 0.6 is 27.7 Å². The van der Waals surface area contributed by atoms with Gasteiger partial charge in [0.15, 0.2) is 5.16 Å². The Labute approximate surface area is 224 Å². The number of nitrogens with one attached hydrogen (secondary N) is 1. The fourth-order valence-corrected chi connectivity index (χ4v) is 5.18. The van der Waals surface area contributed by atoms with Crippen molar-refractivity contribution in [3.05, 3.63) is 82.8 Å². The highest BCUT2D eigenvalue weighted by Crippen LogP contribution is 2.37. The van der Waals surface area contributed by atoms with Crippen molar-refractivity contribution in [2.45, 2.75) is 18.6 Å². The first-order chi connectivity index (χ1) is 17.5. The van der Waals surface area contributed by atoms with Crippen LogP contribution in [0, 0.1) is 0 Å². The Bertz CT molecular complexity index is 1320. The van der Waals surface area contributed by atoms with Crippen LogP contribution in [0.2, 0.25) is 0 Å². The van der Waals surface area contributed by atoms with Gasteiger partial charge in [0.05, 0.1) is 25.6 Å². The van der Waals surface area contributed by atoms with Crippen molar-refractivity contribution in [3.8, 4) is 34.0 Å². The van der Waals surface area contributed by atoms with Crippen molar-refractivity contribution in [1.82, 2.24) is 14.9 Å². The van der Waals surface area contributed by atoms with Gasteiger partial charge in [0.2, 0.25) is 0 Å². The highest BCUT2D eigenvalue weighted by molar-refractivity contribution is 9.10. The maximum atomic E-state index is 12.5. The average Bonchev–Trinajstić information content (AvgIpc) is 3.29. The van der Waals surface area contributed by atoms with Crippen LogP contribution in [0.4, 0.5) is 0 Å². The van der Waals surface area contributed by atoms with E-state index in [1.165, 1.54) is 0 Å². The van der Waals surface area contributed by atoms with Gasteiger partial charge in [0, 0.05) is 40.0 Å². The molecule has 36 heavy (non-hydrogen) atoms. The molecule has 1 aromatic heterocycles. The monoisotopic (exact) mass is 565 g/mol. The number of thioether (sulfide) groups is 1. The Kier molecular flexibility index (Phi) is 8.72. The van der Waals surface area contributed by atoms with Crippen LogP contribution in [0.5, 0.6) is 11.5 Å². The number of carbonyl (C=O) groups excluding carboxylic acids is 1. The minimum atomic E-state index is -0.0893. The molecule has 4 aromatic rings. The summed E-state index contributed by atoms with van der Waals surface area (Å²) in [4.78, 5) is 17.5. The predicted molar refractivity (Wildman–Crippen MR) is 149 cm³/mol. The molecule has 0 aliphatic rings. The summed E-state index contributed by atoms with van der Waals surface area (Å²) in [7, 11) is 3.33. The Morgan fingerprint density at radius 1 is 0.972 bits per heavy atom. The number of hydrogen-bond acceptors (Lipinski definition) is 5. The zero-order valence-electron chi connectivity index (χ0n) is 20.5. The van der Waals surface area contributed by atoms with Crippen LogP contribution in [-0.2, 0) is 6.54 Å². The van der Waals surface area contributed by atoms with Gasteiger partial charge in [-0.3, -0.25) is 4.79 Å². The van der Waals surface area contributed by atoms with Crippen LogP contribution in [0.25, 0.3) is 22.5 Å². The van der Waals surface area contributed by atoms with Gasteiger partial charge in [-0.1, -0.05) is 33.8 Å². The molecule has 0 fully saturated rings. The minimum absolute atomic E-state index is 0.0893. The van der Waals surface area contributed by atoms with Gasteiger partial charge in [0.1, 0.15) is 11.5 Å². The van der Waals surface area contributed by atoms with E-state index in [2.05, 4.69) is 44.9 Å². The molecule has 1 heterocycles. The zero-order chi connectivity index (χ0) is 25.5. The van der Waals surface area contributed by atoms with E-state index in [1.54, 1.807) is 32.0 Å². The van der Waals surface area contributed by atoms with Gasteiger partial charge in [-0.2, -0.15) is 0 Å². The second-order valence-electron chi connectivity index (χ2n) is 7.91. The number of nitrogens with zero attached hydrogens (tertiary/aromatic N) is 2. The maximum absolute atomic E-state index is 12.5. The van der Waals surface area contributed by atoms with E-state index in [0.717, 1.165) is 50.2 Å². The molecule has 0 radical (unpaired) electrons. The van der Waals surface area contributed by atoms with Crippen molar-refractivity contribution in [1.29, 1.82) is 0 Å². The normalized spacial score (nSPS) is 10.8. The number of methoxy groups -OCH3 is 2. The van der Waals surface area contributed by atoms with Crippen molar-refractivity contribution in [2.75, 3.05) is 26.5 Å².